The number of amides is 1. The van der Waals surface area contributed by atoms with Crippen LogP contribution in [-0.4, -0.2) is 74.0 Å². The fraction of sp³-hybridized carbons (Fsp3) is 0.435. The largest absolute Gasteiger partial charge is 0.368 e. The summed E-state index contributed by atoms with van der Waals surface area (Å²) >= 11 is 0. The molecule has 4 rings (SSSR count). The molecule has 0 bridgehead atoms. The molecule has 0 atom stereocenters. The summed E-state index contributed by atoms with van der Waals surface area (Å²) in [5.74, 6) is -0.944. The molecule has 1 aromatic heterocycles. The lowest BCUT2D eigenvalue weighted by molar-refractivity contribution is 0.0698. The van der Waals surface area contributed by atoms with Crippen molar-refractivity contribution < 1.29 is 17.6 Å². The lowest BCUT2D eigenvalue weighted by atomic mass is 9.81. The molecule has 2 aliphatic heterocycles. The zero-order valence-electron chi connectivity index (χ0n) is 18.4. The molecule has 1 amide bonds. The number of hydrogen-bond acceptors (Lipinski definition) is 5. The highest BCUT2D eigenvalue weighted by Crippen LogP contribution is 2.39. The molecule has 0 N–H and O–H groups in total. The third-order valence-electron chi connectivity index (χ3n) is 6.53. The van der Waals surface area contributed by atoms with Gasteiger partial charge in [-0.1, -0.05) is 30.3 Å². The second-order valence-electron chi connectivity index (χ2n) is 8.47. The third kappa shape index (κ3) is 4.56. The molecule has 2 aliphatic rings. The summed E-state index contributed by atoms with van der Waals surface area (Å²) in [6.07, 6.45) is 4.65. The Morgan fingerprint density at radius 3 is 2.27 bits per heavy atom. The van der Waals surface area contributed by atoms with Crippen LogP contribution >= 0.6 is 0 Å². The molecule has 0 radical (unpaired) electrons. The van der Waals surface area contributed by atoms with E-state index in [1.165, 1.54) is 10.5 Å². The zero-order valence-corrected chi connectivity index (χ0v) is 19.3. The van der Waals surface area contributed by atoms with Gasteiger partial charge in [0.15, 0.2) is 5.82 Å². The number of carbonyl (C=O) groups excluding carboxylic acids is 1. The van der Waals surface area contributed by atoms with Crippen LogP contribution < -0.4 is 4.90 Å². The molecule has 2 aromatic rings. The van der Waals surface area contributed by atoms with Gasteiger partial charge in [-0.2, -0.15) is 4.31 Å². The maximum absolute atomic E-state index is 15.0. The number of sulfonamides is 1. The van der Waals surface area contributed by atoms with Crippen molar-refractivity contribution >= 4 is 21.6 Å². The van der Waals surface area contributed by atoms with Crippen LogP contribution in [0.2, 0.25) is 0 Å². The second-order valence-corrected chi connectivity index (χ2v) is 10.5. The number of hydrogen-bond donors (Lipinski definition) is 0. The molecular formula is C23H26FN5O3S. The van der Waals surface area contributed by atoms with Gasteiger partial charge in [0.05, 0.1) is 23.7 Å². The predicted molar refractivity (Wildman–Crippen MR) is 123 cm³/mol. The molecular weight excluding hydrogens is 445 g/mol. The number of aromatic nitrogens is 1. The van der Waals surface area contributed by atoms with E-state index < -0.39 is 21.4 Å². The number of rotatable bonds is 4. The molecule has 3 heterocycles. The molecule has 8 nitrogen and oxygen atoms in total. The van der Waals surface area contributed by atoms with E-state index in [-0.39, 0.29) is 43.3 Å². The summed E-state index contributed by atoms with van der Waals surface area (Å²) in [5, 5.41) is 0. The van der Waals surface area contributed by atoms with E-state index >= 15 is 0 Å². The van der Waals surface area contributed by atoms with Gasteiger partial charge < -0.3 is 14.6 Å². The van der Waals surface area contributed by atoms with E-state index in [0.717, 1.165) is 18.0 Å². The first-order valence-corrected chi connectivity index (χ1v) is 12.7. The first-order chi connectivity index (χ1) is 15.7. The topological polar surface area (TPSA) is 78.2 Å². The number of piperazine rings is 1. The number of benzene rings is 1. The van der Waals surface area contributed by atoms with Gasteiger partial charge in [-0.05, 0) is 0 Å². The fourth-order valence-corrected chi connectivity index (χ4v) is 5.44. The smallest absolute Gasteiger partial charge is 0.260 e. The highest BCUT2D eigenvalue weighted by Gasteiger charge is 2.43. The maximum atomic E-state index is 15.0. The van der Waals surface area contributed by atoms with Crippen LogP contribution in [0.3, 0.4) is 0 Å². The lowest BCUT2D eigenvalue weighted by Gasteiger charge is -2.37. The molecule has 1 aromatic carbocycles. The van der Waals surface area contributed by atoms with Crippen LogP contribution in [-0.2, 0) is 15.6 Å². The first-order valence-electron chi connectivity index (χ1n) is 10.8. The molecule has 174 valence electrons. The van der Waals surface area contributed by atoms with E-state index in [0.29, 0.717) is 25.9 Å². The number of halogens is 1. The van der Waals surface area contributed by atoms with Gasteiger partial charge in [-0.25, -0.2) is 19.4 Å². The Balaban J connectivity index is 1.54. The van der Waals surface area contributed by atoms with Gasteiger partial charge in [-0.3, -0.25) is 9.78 Å². The Morgan fingerprint density at radius 2 is 1.70 bits per heavy atom. The van der Waals surface area contributed by atoms with Crippen molar-refractivity contribution in [2.24, 2.45) is 0 Å². The van der Waals surface area contributed by atoms with Crippen molar-refractivity contribution in [3.8, 4) is 0 Å². The van der Waals surface area contributed by atoms with Crippen molar-refractivity contribution in [3.63, 3.8) is 0 Å². The van der Waals surface area contributed by atoms with Gasteiger partial charge in [-0.15, -0.1) is 0 Å². The number of anilines is 1. The molecule has 2 saturated heterocycles. The van der Waals surface area contributed by atoms with Gasteiger partial charge in [0.1, 0.15) is 0 Å². The van der Waals surface area contributed by atoms with Crippen molar-refractivity contribution in [2.75, 3.05) is 50.4 Å². The first kappa shape index (κ1) is 23.1. The Kier molecular flexibility index (Phi) is 6.36. The number of piperidine rings is 1. The fourth-order valence-electron chi connectivity index (χ4n) is 4.61. The number of nitrogens with zero attached hydrogens (tertiary/aromatic N) is 5. The minimum Gasteiger partial charge on any atom is -0.368 e. The predicted octanol–water partition coefficient (Wildman–Crippen LogP) is 2.35. The summed E-state index contributed by atoms with van der Waals surface area (Å²) in [6, 6.07) is 9.64. The van der Waals surface area contributed by atoms with Crippen LogP contribution in [0.25, 0.3) is 4.85 Å². The molecule has 10 heteroatoms. The lowest BCUT2D eigenvalue weighted by Crippen LogP contribution is -2.50. The van der Waals surface area contributed by atoms with Crippen LogP contribution in [0.1, 0.15) is 28.8 Å². The van der Waals surface area contributed by atoms with Crippen molar-refractivity contribution in [2.45, 2.75) is 18.4 Å². The Hall–Kier alpha value is -3.03. The summed E-state index contributed by atoms with van der Waals surface area (Å²) in [6.45, 7) is 9.55. The molecule has 0 saturated carbocycles. The van der Waals surface area contributed by atoms with E-state index in [1.54, 1.807) is 4.90 Å². The minimum atomic E-state index is -3.32. The normalized spacial score (nSPS) is 19.2. The van der Waals surface area contributed by atoms with Crippen LogP contribution in [0.5, 0.6) is 0 Å². The zero-order chi connectivity index (χ0) is 23.6. The summed E-state index contributed by atoms with van der Waals surface area (Å²) < 4.78 is 39.8. The van der Waals surface area contributed by atoms with Gasteiger partial charge in [0, 0.05) is 63.9 Å². The second kappa shape index (κ2) is 9.08. The van der Waals surface area contributed by atoms with Crippen LogP contribution in [0.4, 0.5) is 10.1 Å². The average Bonchev–Trinajstić information content (AvgIpc) is 2.84. The summed E-state index contributed by atoms with van der Waals surface area (Å²) in [5.41, 5.74) is 0.660. The minimum absolute atomic E-state index is 0.165. The molecule has 2 fully saturated rings. The Morgan fingerprint density at radius 1 is 1.06 bits per heavy atom. The van der Waals surface area contributed by atoms with Crippen LogP contribution in [0.15, 0.2) is 42.7 Å². The van der Waals surface area contributed by atoms with E-state index in [1.807, 2.05) is 35.2 Å². The highest BCUT2D eigenvalue weighted by atomic mass is 32.2. The van der Waals surface area contributed by atoms with E-state index in [4.69, 9.17) is 6.57 Å². The molecule has 33 heavy (non-hydrogen) atoms. The number of pyridine rings is 1. The van der Waals surface area contributed by atoms with Crippen molar-refractivity contribution in [3.05, 3.63) is 71.1 Å². The van der Waals surface area contributed by atoms with Crippen molar-refractivity contribution in [1.29, 1.82) is 0 Å². The van der Waals surface area contributed by atoms with Gasteiger partial charge >= 0.3 is 0 Å². The monoisotopic (exact) mass is 471 g/mol. The SMILES string of the molecule is [C-]#[N+]C1(c2ccccc2)CCN(c2c(F)cncc2C(=O)N2CCN(S(C)(=O)=O)CC2)CC1. The van der Waals surface area contributed by atoms with Crippen LogP contribution in [0, 0.1) is 12.4 Å². The molecule has 0 spiro atoms. The maximum Gasteiger partial charge on any atom is 0.260 e. The van der Waals surface area contributed by atoms with Gasteiger partial charge in [0.25, 0.3) is 11.4 Å². The summed E-state index contributed by atoms with van der Waals surface area (Å²) in [4.78, 5) is 24.5. The average molecular weight is 472 g/mol. The third-order valence-corrected chi connectivity index (χ3v) is 7.83. The Labute approximate surface area is 193 Å². The molecule has 0 unspecified atom stereocenters. The summed E-state index contributed by atoms with van der Waals surface area (Å²) in [7, 11) is -3.32. The quantitative estimate of drug-likeness (QED) is 0.640. The number of carbonyl (C=O) groups is 1. The van der Waals surface area contributed by atoms with E-state index in [9.17, 15) is 17.6 Å². The highest BCUT2D eigenvalue weighted by molar-refractivity contribution is 7.88. The molecule has 0 aliphatic carbocycles. The standard InChI is InChI=1S/C23H26FN5O3S/c1-25-23(18-6-4-3-5-7-18)8-10-27(11-9-23)21-19(16-26-17-20(21)24)22(30)28-12-14-29(15-13-28)33(2,31)32/h3-7,16-17H,8-15H2,2H3. The van der Waals surface area contributed by atoms with Gasteiger partial charge in [0.2, 0.25) is 10.0 Å². The van der Waals surface area contributed by atoms with E-state index in [2.05, 4.69) is 9.83 Å². The van der Waals surface area contributed by atoms with Crippen molar-refractivity contribution in [1.82, 2.24) is 14.2 Å². The Bertz CT molecular complexity index is 1170.